The van der Waals surface area contributed by atoms with Crippen LogP contribution >= 0.6 is 0 Å². The summed E-state index contributed by atoms with van der Waals surface area (Å²) in [7, 11) is 0. The average Bonchev–Trinajstić information content (AvgIpc) is 2.15. The van der Waals surface area contributed by atoms with Crippen LogP contribution in [0.1, 0.15) is 26.2 Å². The van der Waals surface area contributed by atoms with Crippen molar-refractivity contribution in [3.63, 3.8) is 0 Å². The summed E-state index contributed by atoms with van der Waals surface area (Å²) < 4.78 is 5.30. The Morgan fingerprint density at radius 3 is 2.75 bits per heavy atom. The number of ether oxygens (including phenoxy) is 1. The van der Waals surface area contributed by atoms with E-state index in [4.69, 9.17) is 10.5 Å². The van der Waals surface area contributed by atoms with Crippen LogP contribution in [0.25, 0.3) is 0 Å². The van der Waals surface area contributed by atoms with Gasteiger partial charge in [0.05, 0.1) is 0 Å². The fraction of sp³-hybridized carbons (Fsp3) is 0.800. The lowest BCUT2D eigenvalue weighted by molar-refractivity contribution is 0.0757. The van der Waals surface area contributed by atoms with E-state index < -0.39 is 0 Å². The van der Waals surface area contributed by atoms with Crippen LogP contribution in [-0.4, -0.2) is 19.8 Å². The Labute approximate surface area is 74.8 Å². The topological polar surface area (TPSA) is 35.2 Å². The molecule has 0 saturated carbocycles. The van der Waals surface area contributed by atoms with Gasteiger partial charge in [-0.2, -0.15) is 0 Å². The second kappa shape index (κ2) is 5.33. The zero-order valence-corrected chi connectivity index (χ0v) is 7.88. The van der Waals surface area contributed by atoms with E-state index in [1.54, 1.807) is 0 Å². The minimum atomic E-state index is 0.755. The summed E-state index contributed by atoms with van der Waals surface area (Å²) in [6, 6.07) is 0. The molecular formula is C10H19NO. The van der Waals surface area contributed by atoms with E-state index in [2.05, 4.69) is 13.0 Å². The molecule has 0 unspecified atom stereocenters. The highest BCUT2D eigenvalue weighted by Gasteiger charge is 2.14. The molecule has 1 heterocycles. The lowest BCUT2D eigenvalue weighted by Crippen LogP contribution is -2.16. The van der Waals surface area contributed by atoms with Crippen LogP contribution in [0.2, 0.25) is 0 Å². The van der Waals surface area contributed by atoms with Gasteiger partial charge in [0.25, 0.3) is 0 Å². The molecule has 70 valence electrons. The molecule has 1 aliphatic rings. The highest BCUT2D eigenvalue weighted by Crippen LogP contribution is 2.22. The molecule has 2 nitrogen and oxygen atoms in total. The summed E-state index contributed by atoms with van der Waals surface area (Å²) in [5.74, 6) is 0.755. The van der Waals surface area contributed by atoms with Crippen molar-refractivity contribution in [1.29, 1.82) is 0 Å². The number of allylic oxidation sites excluding steroid dienone is 1. The molecule has 1 saturated heterocycles. The van der Waals surface area contributed by atoms with Gasteiger partial charge in [0.2, 0.25) is 0 Å². The largest absolute Gasteiger partial charge is 0.381 e. The van der Waals surface area contributed by atoms with Gasteiger partial charge in [0, 0.05) is 13.2 Å². The quantitative estimate of drug-likeness (QED) is 0.653. The van der Waals surface area contributed by atoms with Crippen molar-refractivity contribution < 1.29 is 4.74 Å². The maximum atomic E-state index is 5.44. The number of hydrogen-bond donors (Lipinski definition) is 1. The van der Waals surface area contributed by atoms with Crippen LogP contribution in [0.15, 0.2) is 11.6 Å². The van der Waals surface area contributed by atoms with E-state index >= 15 is 0 Å². The van der Waals surface area contributed by atoms with Crippen LogP contribution in [0.5, 0.6) is 0 Å². The zero-order chi connectivity index (χ0) is 8.81. The average molecular weight is 169 g/mol. The molecule has 0 aliphatic carbocycles. The molecule has 0 atom stereocenters. The first kappa shape index (κ1) is 9.75. The molecule has 0 bridgehead atoms. The monoisotopic (exact) mass is 169 g/mol. The Hall–Kier alpha value is -0.340. The first-order valence-electron chi connectivity index (χ1n) is 4.79. The highest BCUT2D eigenvalue weighted by molar-refractivity contribution is 5.04. The van der Waals surface area contributed by atoms with E-state index in [1.807, 2.05) is 0 Å². The third kappa shape index (κ3) is 2.95. The second-order valence-corrected chi connectivity index (χ2v) is 3.41. The Kier molecular flexibility index (Phi) is 4.33. The molecule has 0 amide bonds. The number of nitrogens with two attached hydrogens (primary N) is 1. The molecule has 0 spiro atoms. The van der Waals surface area contributed by atoms with Gasteiger partial charge in [-0.25, -0.2) is 0 Å². The third-order valence-electron chi connectivity index (χ3n) is 2.50. The first-order valence-corrected chi connectivity index (χ1v) is 4.79. The predicted molar refractivity (Wildman–Crippen MR) is 51.0 cm³/mol. The molecule has 2 N–H and O–H groups in total. The lowest BCUT2D eigenvalue weighted by Gasteiger charge is -2.22. The molecule has 12 heavy (non-hydrogen) atoms. The summed E-state index contributed by atoms with van der Waals surface area (Å²) in [5.41, 5.74) is 6.94. The van der Waals surface area contributed by atoms with Gasteiger partial charge >= 0.3 is 0 Å². The van der Waals surface area contributed by atoms with Crippen molar-refractivity contribution in [2.24, 2.45) is 11.7 Å². The van der Waals surface area contributed by atoms with Crippen LogP contribution in [0, 0.1) is 5.92 Å². The number of hydrogen-bond acceptors (Lipinski definition) is 2. The van der Waals surface area contributed by atoms with E-state index in [0.29, 0.717) is 0 Å². The summed E-state index contributed by atoms with van der Waals surface area (Å²) in [6.07, 6.45) is 5.67. The molecule has 0 aromatic rings. The first-order chi connectivity index (χ1) is 5.84. The number of rotatable bonds is 3. The SMILES string of the molecule is C/C(=C\CCN)C1CCOCC1. The van der Waals surface area contributed by atoms with E-state index in [-0.39, 0.29) is 0 Å². The van der Waals surface area contributed by atoms with Crippen molar-refractivity contribution in [3.05, 3.63) is 11.6 Å². The van der Waals surface area contributed by atoms with Crippen molar-refractivity contribution in [2.75, 3.05) is 19.8 Å². The summed E-state index contributed by atoms with van der Waals surface area (Å²) in [6.45, 7) is 4.84. The maximum Gasteiger partial charge on any atom is 0.0471 e. The molecule has 1 aliphatic heterocycles. The van der Waals surface area contributed by atoms with Crippen LogP contribution in [-0.2, 0) is 4.74 Å². The smallest absolute Gasteiger partial charge is 0.0471 e. The Balaban J connectivity index is 2.33. The normalized spacial score (nSPS) is 21.3. The van der Waals surface area contributed by atoms with Gasteiger partial charge in [-0.15, -0.1) is 0 Å². The molecule has 1 fully saturated rings. The van der Waals surface area contributed by atoms with E-state index in [0.717, 1.165) is 32.1 Å². The Bertz CT molecular complexity index is 148. The van der Waals surface area contributed by atoms with E-state index in [9.17, 15) is 0 Å². The standard InChI is InChI=1S/C10H19NO/c1-9(3-2-6-11)10-4-7-12-8-5-10/h3,10H,2,4-8,11H2,1H3/b9-3+. The lowest BCUT2D eigenvalue weighted by atomic mass is 9.92. The molecule has 0 aromatic carbocycles. The van der Waals surface area contributed by atoms with Gasteiger partial charge in [0.1, 0.15) is 0 Å². The van der Waals surface area contributed by atoms with Crippen molar-refractivity contribution in [2.45, 2.75) is 26.2 Å². The molecule has 2 heteroatoms. The second-order valence-electron chi connectivity index (χ2n) is 3.41. The van der Waals surface area contributed by atoms with Gasteiger partial charge < -0.3 is 10.5 Å². The minimum Gasteiger partial charge on any atom is -0.381 e. The maximum absolute atomic E-state index is 5.44. The molecule has 1 rings (SSSR count). The minimum absolute atomic E-state index is 0.755. The third-order valence-corrected chi connectivity index (χ3v) is 2.50. The van der Waals surface area contributed by atoms with Crippen LogP contribution in [0.4, 0.5) is 0 Å². The van der Waals surface area contributed by atoms with Crippen molar-refractivity contribution in [3.8, 4) is 0 Å². The van der Waals surface area contributed by atoms with Crippen LogP contribution in [0.3, 0.4) is 0 Å². The van der Waals surface area contributed by atoms with Crippen molar-refractivity contribution >= 4 is 0 Å². The van der Waals surface area contributed by atoms with Gasteiger partial charge in [0.15, 0.2) is 0 Å². The van der Waals surface area contributed by atoms with Crippen molar-refractivity contribution in [1.82, 2.24) is 0 Å². The Morgan fingerprint density at radius 2 is 2.17 bits per heavy atom. The molecule has 0 radical (unpaired) electrons. The highest BCUT2D eigenvalue weighted by atomic mass is 16.5. The van der Waals surface area contributed by atoms with Gasteiger partial charge in [-0.05, 0) is 38.6 Å². The molecular weight excluding hydrogens is 150 g/mol. The molecule has 0 aromatic heterocycles. The van der Waals surface area contributed by atoms with E-state index in [1.165, 1.54) is 18.4 Å². The fourth-order valence-corrected chi connectivity index (χ4v) is 1.63. The van der Waals surface area contributed by atoms with Crippen LogP contribution < -0.4 is 5.73 Å². The summed E-state index contributed by atoms with van der Waals surface area (Å²) in [5, 5.41) is 0. The Morgan fingerprint density at radius 1 is 1.50 bits per heavy atom. The van der Waals surface area contributed by atoms with Gasteiger partial charge in [-0.3, -0.25) is 0 Å². The predicted octanol–water partition coefficient (Wildman–Crippen LogP) is 1.71. The van der Waals surface area contributed by atoms with Gasteiger partial charge in [-0.1, -0.05) is 11.6 Å². The zero-order valence-electron chi connectivity index (χ0n) is 7.88. The summed E-state index contributed by atoms with van der Waals surface area (Å²) in [4.78, 5) is 0. The summed E-state index contributed by atoms with van der Waals surface area (Å²) >= 11 is 0. The fourth-order valence-electron chi connectivity index (χ4n) is 1.63.